The Kier molecular flexibility index (Phi) is 2.62. The van der Waals surface area contributed by atoms with Gasteiger partial charge >= 0.3 is 0 Å². The lowest BCUT2D eigenvalue weighted by Gasteiger charge is -2.14. The van der Waals surface area contributed by atoms with Gasteiger partial charge in [-0.2, -0.15) is 0 Å². The number of nitrogens with one attached hydrogen (secondary N) is 1. The van der Waals surface area contributed by atoms with Crippen molar-refractivity contribution in [3.8, 4) is 0 Å². The van der Waals surface area contributed by atoms with Crippen LogP contribution in [-0.4, -0.2) is 46.7 Å². The zero-order chi connectivity index (χ0) is 7.56. The van der Waals surface area contributed by atoms with Crippen molar-refractivity contribution in [2.45, 2.75) is 24.7 Å². The van der Waals surface area contributed by atoms with Gasteiger partial charge in [0.1, 0.15) is 0 Å². The van der Waals surface area contributed by atoms with E-state index < -0.39 is 6.10 Å². The van der Waals surface area contributed by atoms with Gasteiger partial charge in [0.15, 0.2) is 0 Å². The molecule has 4 heteroatoms. The number of aliphatic hydroxyl groups is 3. The Hall–Kier alpha value is -0.160. The van der Waals surface area contributed by atoms with E-state index in [0.29, 0.717) is 13.0 Å². The van der Waals surface area contributed by atoms with Crippen molar-refractivity contribution in [3.63, 3.8) is 0 Å². The molecule has 0 aromatic rings. The average Bonchev–Trinajstić information content (AvgIpc) is 2.34. The first kappa shape index (κ1) is 7.94. The van der Waals surface area contributed by atoms with Gasteiger partial charge in [-0.05, 0) is 6.42 Å². The number of rotatable bonds is 2. The molecule has 4 nitrogen and oxygen atoms in total. The highest BCUT2D eigenvalue weighted by atomic mass is 16.3. The quantitative estimate of drug-likeness (QED) is 0.367. The van der Waals surface area contributed by atoms with E-state index in [9.17, 15) is 0 Å². The predicted molar refractivity (Wildman–Crippen MR) is 35.5 cm³/mol. The first-order valence-corrected chi connectivity index (χ1v) is 3.44. The lowest BCUT2D eigenvalue weighted by atomic mass is 10.1. The second-order valence-corrected chi connectivity index (χ2v) is 2.65. The van der Waals surface area contributed by atoms with Gasteiger partial charge in [-0.15, -0.1) is 0 Å². The normalized spacial score (nSPS) is 36.3. The van der Waals surface area contributed by atoms with Crippen LogP contribution in [0.15, 0.2) is 0 Å². The molecule has 0 aromatic heterocycles. The SMILES string of the molecule is OC[C@H](O)[C@H]1C[C@H](O)CN1. The average molecular weight is 147 g/mol. The molecule has 0 unspecified atom stereocenters. The van der Waals surface area contributed by atoms with Gasteiger partial charge in [0.2, 0.25) is 0 Å². The molecule has 0 aliphatic carbocycles. The minimum absolute atomic E-state index is 0.139. The molecule has 10 heavy (non-hydrogen) atoms. The number of hydrogen-bond acceptors (Lipinski definition) is 4. The molecule has 0 saturated carbocycles. The van der Waals surface area contributed by atoms with E-state index in [4.69, 9.17) is 15.3 Å². The molecular formula is C6H13NO3. The fraction of sp³-hybridized carbons (Fsp3) is 1.00. The topological polar surface area (TPSA) is 72.7 Å². The summed E-state index contributed by atoms with van der Waals surface area (Å²) in [5.41, 5.74) is 0. The lowest BCUT2D eigenvalue weighted by molar-refractivity contribution is 0.0643. The van der Waals surface area contributed by atoms with Crippen molar-refractivity contribution in [3.05, 3.63) is 0 Å². The summed E-state index contributed by atoms with van der Waals surface area (Å²) in [5.74, 6) is 0. The Morgan fingerprint density at radius 3 is 2.70 bits per heavy atom. The fourth-order valence-corrected chi connectivity index (χ4v) is 1.17. The Labute approximate surface area is 59.5 Å². The lowest BCUT2D eigenvalue weighted by Crippen LogP contribution is -2.36. The number of hydrogen-bond donors (Lipinski definition) is 4. The van der Waals surface area contributed by atoms with Gasteiger partial charge in [-0.25, -0.2) is 0 Å². The molecule has 0 amide bonds. The minimum Gasteiger partial charge on any atom is -0.394 e. The van der Waals surface area contributed by atoms with Gasteiger partial charge < -0.3 is 20.6 Å². The highest BCUT2D eigenvalue weighted by Gasteiger charge is 2.27. The Balaban J connectivity index is 2.29. The van der Waals surface area contributed by atoms with E-state index >= 15 is 0 Å². The van der Waals surface area contributed by atoms with Gasteiger partial charge in [-0.3, -0.25) is 0 Å². The first-order valence-electron chi connectivity index (χ1n) is 3.44. The van der Waals surface area contributed by atoms with Crippen LogP contribution in [-0.2, 0) is 0 Å². The van der Waals surface area contributed by atoms with Gasteiger partial charge in [-0.1, -0.05) is 0 Å². The molecule has 1 saturated heterocycles. The minimum atomic E-state index is -0.739. The van der Waals surface area contributed by atoms with Crippen molar-refractivity contribution in [1.29, 1.82) is 0 Å². The Bertz CT molecular complexity index is 109. The summed E-state index contributed by atoms with van der Waals surface area (Å²) < 4.78 is 0. The van der Waals surface area contributed by atoms with E-state index in [1.165, 1.54) is 0 Å². The van der Waals surface area contributed by atoms with Crippen molar-refractivity contribution < 1.29 is 15.3 Å². The van der Waals surface area contributed by atoms with Crippen molar-refractivity contribution in [1.82, 2.24) is 5.32 Å². The first-order chi connectivity index (χ1) is 4.74. The molecule has 0 aromatic carbocycles. The summed E-state index contributed by atoms with van der Waals surface area (Å²) >= 11 is 0. The van der Waals surface area contributed by atoms with Crippen molar-refractivity contribution >= 4 is 0 Å². The molecular weight excluding hydrogens is 134 g/mol. The third-order valence-corrected chi connectivity index (χ3v) is 1.79. The molecule has 1 aliphatic rings. The highest BCUT2D eigenvalue weighted by Crippen LogP contribution is 2.09. The second kappa shape index (κ2) is 3.30. The van der Waals surface area contributed by atoms with Crippen LogP contribution in [0, 0.1) is 0 Å². The van der Waals surface area contributed by atoms with Crippen LogP contribution in [0.5, 0.6) is 0 Å². The third-order valence-electron chi connectivity index (χ3n) is 1.79. The van der Waals surface area contributed by atoms with E-state index in [1.54, 1.807) is 0 Å². The third kappa shape index (κ3) is 1.67. The standard InChI is InChI=1S/C6H13NO3/c8-3-6(10)5-1-4(9)2-7-5/h4-10H,1-3H2/t4-,5+,6-/m0/s1. The molecule has 1 heterocycles. The van der Waals surface area contributed by atoms with E-state index in [-0.39, 0.29) is 18.8 Å². The van der Waals surface area contributed by atoms with Gasteiger partial charge in [0.05, 0.1) is 18.8 Å². The summed E-state index contributed by atoms with van der Waals surface area (Å²) in [7, 11) is 0. The molecule has 1 aliphatic heterocycles. The second-order valence-electron chi connectivity index (χ2n) is 2.65. The van der Waals surface area contributed by atoms with E-state index in [0.717, 1.165) is 0 Å². The van der Waals surface area contributed by atoms with E-state index in [2.05, 4.69) is 5.32 Å². The maximum Gasteiger partial charge on any atom is 0.0924 e. The Morgan fingerprint density at radius 2 is 2.30 bits per heavy atom. The Morgan fingerprint density at radius 1 is 1.60 bits per heavy atom. The summed E-state index contributed by atoms with van der Waals surface area (Å²) in [6, 6.07) is -0.139. The molecule has 0 bridgehead atoms. The van der Waals surface area contributed by atoms with Gasteiger partial charge in [0.25, 0.3) is 0 Å². The molecule has 0 spiro atoms. The van der Waals surface area contributed by atoms with Crippen LogP contribution in [0.2, 0.25) is 0 Å². The maximum absolute atomic E-state index is 9.05. The van der Waals surface area contributed by atoms with Crippen LogP contribution >= 0.6 is 0 Å². The maximum atomic E-state index is 9.05. The van der Waals surface area contributed by atoms with E-state index in [1.807, 2.05) is 0 Å². The zero-order valence-corrected chi connectivity index (χ0v) is 5.70. The van der Waals surface area contributed by atoms with Crippen LogP contribution < -0.4 is 5.32 Å². The summed E-state index contributed by atoms with van der Waals surface area (Å²) in [5, 5.41) is 29.4. The van der Waals surface area contributed by atoms with Crippen LogP contribution in [0.3, 0.4) is 0 Å². The zero-order valence-electron chi connectivity index (χ0n) is 5.70. The highest BCUT2D eigenvalue weighted by molar-refractivity contribution is 4.85. The molecule has 60 valence electrons. The van der Waals surface area contributed by atoms with Crippen LogP contribution in [0.4, 0.5) is 0 Å². The predicted octanol–water partition coefficient (Wildman–Crippen LogP) is -1.94. The number of β-amino-alcohol motifs (C(OH)–C–C–N with tert-alkyl or cyclic N) is 1. The molecule has 3 atom stereocenters. The largest absolute Gasteiger partial charge is 0.394 e. The van der Waals surface area contributed by atoms with Crippen molar-refractivity contribution in [2.24, 2.45) is 0 Å². The smallest absolute Gasteiger partial charge is 0.0924 e. The molecule has 0 radical (unpaired) electrons. The van der Waals surface area contributed by atoms with Gasteiger partial charge in [0, 0.05) is 12.6 Å². The van der Waals surface area contributed by atoms with Crippen LogP contribution in [0.25, 0.3) is 0 Å². The monoisotopic (exact) mass is 147 g/mol. The molecule has 4 N–H and O–H groups in total. The summed E-state index contributed by atoms with van der Waals surface area (Å²) in [6.45, 7) is 0.270. The summed E-state index contributed by atoms with van der Waals surface area (Å²) in [4.78, 5) is 0. The number of aliphatic hydroxyl groups excluding tert-OH is 3. The molecule has 1 fully saturated rings. The van der Waals surface area contributed by atoms with Crippen molar-refractivity contribution in [2.75, 3.05) is 13.2 Å². The summed E-state index contributed by atoms with van der Waals surface area (Å²) in [6.07, 6.45) is -0.579. The fourth-order valence-electron chi connectivity index (χ4n) is 1.17. The molecule has 1 rings (SSSR count). The van der Waals surface area contributed by atoms with Crippen LogP contribution in [0.1, 0.15) is 6.42 Å².